The van der Waals surface area contributed by atoms with Gasteiger partial charge in [0.05, 0.1) is 6.04 Å². The average Bonchev–Trinajstić information content (AvgIpc) is 2.41. The molecule has 0 aliphatic carbocycles. The maximum Gasteiger partial charge on any atom is 0.335 e. The fourth-order valence-electron chi connectivity index (χ4n) is 2.47. The molecule has 0 bridgehead atoms. The first kappa shape index (κ1) is 14.5. The molecule has 1 amide bonds. The summed E-state index contributed by atoms with van der Waals surface area (Å²) in [7, 11) is 0. The highest BCUT2D eigenvalue weighted by Gasteiger charge is 2.41. The SMILES string of the molecule is CC(C)CN1C(=O)COC(C(=O)O)C1c1ccccc1. The van der Waals surface area contributed by atoms with Crippen molar-refractivity contribution in [3.05, 3.63) is 35.9 Å². The number of carbonyl (C=O) groups excluding carboxylic acids is 1. The Morgan fingerprint density at radius 3 is 2.60 bits per heavy atom. The van der Waals surface area contributed by atoms with Gasteiger partial charge in [0.15, 0.2) is 6.10 Å². The Morgan fingerprint density at radius 2 is 2.05 bits per heavy atom. The van der Waals surface area contributed by atoms with E-state index in [-0.39, 0.29) is 18.4 Å². The van der Waals surface area contributed by atoms with Crippen LogP contribution in [0.5, 0.6) is 0 Å². The molecule has 5 nitrogen and oxygen atoms in total. The predicted molar refractivity (Wildman–Crippen MR) is 73.1 cm³/mol. The molecule has 0 spiro atoms. The number of amides is 1. The minimum atomic E-state index is -1.04. The zero-order valence-electron chi connectivity index (χ0n) is 11.7. The van der Waals surface area contributed by atoms with Crippen LogP contribution in [0.15, 0.2) is 30.3 Å². The van der Waals surface area contributed by atoms with E-state index in [1.165, 1.54) is 0 Å². The highest BCUT2D eigenvalue weighted by Crippen LogP contribution is 2.31. The summed E-state index contributed by atoms with van der Waals surface area (Å²) in [4.78, 5) is 25.1. The molecule has 1 aliphatic rings. The molecule has 1 aliphatic heterocycles. The monoisotopic (exact) mass is 277 g/mol. The van der Waals surface area contributed by atoms with Crippen molar-refractivity contribution in [2.45, 2.75) is 26.0 Å². The van der Waals surface area contributed by atoms with Crippen molar-refractivity contribution in [1.82, 2.24) is 4.90 Å². The first-order valence-corrected chi connectivity index (χ1v) is 6.69. The second-order valence-corrected chi connectivity index (χ2v) is 5.37. The molecule has 0 aromatic heterocycles. The Hall–Kier alpha value is -1.88. The van der Waals surface area contributed by atoms with Gasteiger partial charge in [-0.25, -0.2) is 4.79 Å². The fraction of sp³-hybridized carbons (Fsp3) is 0.467. The summed E-state index contributed by atoms with van der Waals surface area (Å²) >= 11 is 0. The Kier molecular flexibility index (Phi) is 4.39. The van der Waals surface area contributed by atoms with E-state index in [1.54, 1.807) is 4.90 Å². The van der Waals surface area contributed by atoms with E-state index >= 15 is 0 Å². The van der Waals surface area contributed by atoms with Gasteiger partial charge in [-0.1, -0.05) is 44.2 Å². The lowest BCUT2D eigenvalue weighted by Gasteiger charge is -2.40. The van der Waals surface area contributed by atoms with Crippen molar-refractivity contribution in [3.8, 4) is 0 Å². The van der Waals surface area contributed by atoms with Crippen LogP contribution in [-0.2, 0) is 14.3 Å². The van der Waals surface area contributed by atoms with Crippen molar-refractivity contribution in [1.29, 1.82) is 0 Å². The first-order chi connectivity index (χ1) is 9.50. The molecule has 2 rings (SSSR count). The number of benzene rings is 1. The molecule has 1 N–H and O–H groups in total. The zero-order chi connectivity index (χ0) is 14.7. The number of hydrogen-bond donors (Lipinski definition) is 1. The number of aliphatic carboxylic acids is 1. The van der Waals surface area contributed by atoms with E-state index in [2.05, 4.69) is 0 Å². The standard InChI is InChI=1S/C15H19NO4/c1-10(2)8-16-12(17)9-20-14(15(18)19)13(16)11-6-4-3-5-7-11/h3-7,10,13-14H,8-9H2,1-2H3,(H,18,19). The summed E-state index contributed by atoms with van der Waals surface area (Å²) in [6.45, 7) is 4.35. The van der Waals surface area contributed by atoms with Gasteiger partial charge in [0.2, 0.25) is 5.91 Å². The molecular weight excluding hydrogens is 258 g/mol. The Labute approximate surface area is 118 Å². The van der Waals surface area contributed by atoms with Gasteiger partial charge in [0.25, 0.3) is 0 Å². The molecule has 108 valence electrons. The third-order valence-electron chi connectivity index (χ3n) is 3.28. The summed E-state index contributed by atoms with van der Waals surface area (Å²) < 4.78 is 5.24. The molecule has 0 saturated carbocycles. The maximum atomic E-state index is 12.1. The van der Waals surface area contributed by atoms with Crippen LogP contribution >= 0.6 is 0 Å². The Bertz CT molecular complexity index is 486. The van der Waals surface area contributed by atoms with E-state index in [4.69, 9.17) is 4.74 Å². The largest absolute Gasteiger partial charge is 0.479 e. The summed E-state index contributed by atoms with van der Waals surface area (Å²) in [5.74, 6) is -0.942. The predicted octanol–water partition coefficient (Wildman–Crippen LogP) is 1.70. The van der Waals surface area contributed by atoms with Crippen LogP contribution in [-0.4, -0.2) is 41.1 Å². The topological polar surface area (TPSA) is 66.8 Å². The Balaban J connectivity index is 2.39. The molecular formula is C15H19NO4. The number of carboxylic acids is 1. The fourth-order valence-corrected chi connectivity index (χ4v) is 2.47. The maximum absolute atomic E-state index is 12.1. The molecule has 2 atom stereocenters. The normalized spacial score (nSPS) is 23.1. The van der Waals surface area contributed by atoms with Gasteiger partial charge in [-0.15, -0.1) is 0 Å². The van der Waals surface area contributed by atoms with E-state index in [0.717, 1.165) is 5.56 Å². The number of rotatable bonds is 4. The number of carboxylic acid groups (broad SMARTS) is 1. The van der Waals surface area contributed by atoms with Crippen LogP contribution in [0.25, 0.3) is 0 Å². The van der Waals surface area contributed by atoms with Crippen LogP contribution in [0.1, 0.15) is 25.5 Å². The third-order valence-corrected chi connectivity index (χ3v) is 3.28. The summed E-state index contributed by atoms with van der Waals surface area (Å²) in [5, 5.41) is 9.35. The van der Waals surface area contributed by atoms with E-state index in [0.29, 0.717) is 6.54 Å². The summed E-state index contributed by atoms with van der Waals surface area (Å²) in [6.07, 6.45) is -1.02. The minimum absolute atomic E-state index is 0.162. The van der Waals surface area contributed by atoms with Gasteiger partial charge >= 0.3 is 5.97 Å². The molecule has 2 unspecified atom stereocenters. The molecule has 5 heteroatoms. The van der Waals surface area contributed by atoms with E-state index in [1.807, 2.05) is 44.2 Å². The number of ether oxygens (including phenoxy) is 1. The molecule has 20 heavy (non-hydrogen) atoms. The quantitative estimate of drug-likeness (QED) is 0.909. The van der Waals surface area contributed by atoms with Crippen molar-refractivity contribution in [2.24, 2.45) is 5.92 Å². The molecule has 1 saturated heterocycles. The van der Waals surface area contributed by atoms with Gasteiger partial charge < -0.3 is 14.7 Å². The second kappa shape index (κ2) is 6.05. The highest BCUT2D eigenvalue weighted by molar-refractivity contribution is 5.83. The van der Waals surface area contributed by atoms with Crippen molar-refractivity contribution >= 4 is 11.9 Å². The van der Waals surface area contributed by atoms with Crippen LogP contribution in [0.3, 0.4) is 0 Å². The van der Waals surface area contributed by atoms with Gasteiger partial charge in [-0.3, -0.25) is 4.79 Å². The molecule has 1 aromatic rings. The first-order valence-electron chi connectivity index (χ1n) is 6.69. The van der Waals surface area contributed by atoms with Gasteiger partial charge in [0, 0.05) is 6.54 Å². The van der Waals surface area contributed by atoms with Crippen molar-refractivity contribution in [3.63, 3.8) is 0 Å². The third kappa shape index (κ3) is 2.99. The lowest BCUT2D eigenvalue weighted by Crippen LogP contribution is -2.52. The van der Waals surface area contributed by atoms with Crippen LogP contribution in [0, 0.1) is 5.92 Å². The Morgan fingerprint density at radius 1 is 1.40 bits per heavy atom. The van der Waals surface area contributed by atoms with Gasteiger partial charge in [-0.2, -0.15) is 0 Å². The van der Waals surface area contributed by atoms with Gasteiger partial charge in [-0.05, 0) is 11.5 Å². The molecule has 1 aromatic carbocycles. The molecule has 1 heterocycles. The number of hydrogen-bond acceptors (Lipinski definition) is 3. The summed E-state index contributed by atoms with van der Waals surface area (Å²) in [5.41, 5.74) is 0.786. The number of nitrogens with zero attached hydrogens (tertiary/aromatic N) is 1. The van der Waals surface area contributed by atoms with Crippen LogP contribution in [0.2, 0.25) is 0 Å². The number of morpholine rings is 1. The molecule has 1 fully saturated rings. The minimum Gasteiger partial charge on any atom is -0.479 e. The highest BCUT2D eigenvalue weighted by atomic mass is 16.5. The average molecular weight is 277 g/mol. The second-order valence-electron chi connectivity index (χ2n) is 5.37. The smallest absolute Gasteiger partial charge is 0.335 e. The van der Waals surface area contributed by atoms with Crippen molar-refractivity contribution < 1.29 is 19.4 Å². The number of carbonyl (C=O) groups is 2. The lowest BCUT2D eigenvalue weighted by atomic mass is 9.96. The molecule has 0 radical (unpaired) electrons. The zero-order valence-corrected chi connectivity index (χ0v) is 11.7. The van der Waals surface area contributed by atoms with Crippen molar-refractivity contribution in [2.75, 3.05) is 13.2 Å². The summed E-state index contributed by atoms with van der Waals surface area (Å²) in [6, 6.07) is 8.61. The lowest BCUT2D eigenvalue weighted by molar-refractivity contribution is -0.173. The van der Waals surface area contributed by atoms with E-state index in [9.17, 15) is 14.7 Å². The van der Waals surface area contributed by atoms with Gasteiger partial charge in [0.1, 0.15) is 6.61 Å². The van der Waals surface area contributed by atoms with Crippen LogP contribution < -0.4 is 0 Å². The van der Waals surface area contributed by atoms with Crippen LogP contribution in [0.4, 0.5) is 0 Å². The van der Waals surface area contributed by atoms with E-state index < -0.39 is 18.1 Å².